The fraction of sp³-hybridized carbons (Fsp3) is 0.267. The summed E-state index contributed by atoms with van der Waals surface area (Å²) < 4.78 is 0. The predicted octanol–water partition coefficient (Wildman–Crippen LogP) is 1.81. The molecule has 1 aromatic carbocycles. The van der Waals surface area contributed by atoms with Crippen LogP contribution < -0.4 is 16.0 Å². The molecule has 0 radical (unpaired) electrons. The summed E-state index contributed by atoms with van der Waals surface area (Å²) >= 11 is 1.52. The number of carbonyl (C=O) groups is 2. The summed E-state index contributed by atoms with van der Waals surface area (Å²) in [6, 6.07) is 6.86. The Kier molecular flexibility index (Phi) is 5.48. The molecule has 22 heavy (non-hydrogen) atoms. The second kappa shape index (κ2) is 7.56. The molecule has 0 unspecified atom stereocenters. The number of aromatic nitrogens is 1. The monoisotopic (exact) mass is 318 g/mol. The average Bonchev–Trinajstić information content (AvgIpc) is 2.96. The molecule has 0 aliphatic heterocycles. The van der Waals surface area contributed by atoms with Crippen molar-refractivity contribution >= 4 is 23.3 Å². The van der Waals surface area contributed by atoms with Crippen molar-refractivity contribution in [2.24, 2.45) is 0 Å². The number of carbonyl (C=O) groups excluding carboxylic acids is 2. The van der Waals surface area contributed by atoms with E-state index in [-0.39, 0.29) is 11.9 Å². The number of urea groups is 1. The number of hydrogen-bond acceptors (Lipinski definition) is 4. The van der Waals surface area contributed by atoms with E-state index >= 15 is 0 Å². The van der Waals surface area contributed by atoms with E-state index in [0.717, 1.165) is 16.3 Å². The third kappa shape index (κ3) is 4.56. The molecule has 0 spiro atoms. The summed E-state index contributed by atoms with van der Waals surface area (Å²) in [5, 5.41) is 10.9. The van der Waals surface area contributed by atoms with Gasteiger partial charge >= 0.3 is 6.03 Å². The third-order valence-corrected chi connectivity index (χ3v) is 3.90. The van der Waals surface area contributed by atoms with E-state index in [0.29, 0.717) is 18.7 Å². The van der Waals surface area contributed by atoms with E-state index in [4.69, 9.17) is 0 Å². The van der Waals surface area contributed by atoms with Crippen molar-refractivity contribution < 1.29 is 9.59 Å². The zero-order valence-corrected chi connectivity index (χ0v) is 13.3. The number of aryl methyl sites for hydroxylation is 1. The zero-order valence-electron chi connectivity index (χ0n) is 12.5. The van der Waals surface area contributed by atoms with Crippen molar-refractivity contribution in [3.8, 4) is 0 Å². The van der Waals surface area contributed by atoms with Gasteiger partial charge in [-0.1, -0.05) is 12.1 Å². The van der Waals surface area contributed by atoms with Crippen molar-refractivity contribution in [2.45, 2.75) is 20.0 Å². The van der Waals surface area contributed by atoms with Gasteiger partial charge in [-0.25, -0.2) is 9.78 Å². The molecule has 1 heterocycles. The molecular formula is C15H18N4O2S. The van der Waals surface area contributed by atoms with Crippen LogP contribution in [0.15, 0.2) is 29.6 Å². The van der Waals surface area contributed by atoms with Crippen LogP contribution in [-0.4, -0.2) is 24.0 Å². The van der Waals surface area contributed by atoms with Crippen LogP contribution in [0.25, 0.3) is 0 Å². The molecule has 7 heteroatoms. The van der Waals surface area contributed by atoms with Crippen molar-refractivity contribution in [2.75, 3.05) is 7.05 Å². The molecule has 3 N–H and O–H groups in total. The number of nitrogens with zero attached hydrogens (tertiary/aromatic N) is 1. The fourth-order valence-corrected chi connectivity index (χ4v) is 2.56. The lowest BCUT2D eigenvalue weighted by Gasteiger charge is -2.08. The Balaban J connectivity index is 1.82. The molecule has 0 fully saturated rings. The lowest BCUT2D eigenvalue weighted by atomic mass is 10.1. The number of benzene rings is 1. The Labute approximate surface area is 133 Å². The molecular weight excluding hydrogens is 300 g/mol. The minimum atomic E-state index is -0.266. The van der Waals surface area contributed by atoms with Gasteiger partial charge in [0.15, 0.2) is 0 Å². The van der Waals surface area contributed by atoms with Crippen LogP contribution in [0.2, 0.25) is 0 Å². The zero-order chi connectivity index (χ0) is 15.9. The third-order valence-electron chi connectivity index (χ3n) is 2.94. The highest BCUT2D eigenvalue weighted by molar-refractivity contribution is 7.09. The first-order chi connectivity index (χ1) is 10.6. The minimum Gasteiger partial charge on any atom is -0.355 e. The Hall–Kier alpha value is -2.41. The van der Waals surface area contributed by atoms with Crippen LogP contribution in [0.4, 0.5) is 4.79 Å². The van der Waals surface area contributed by atoms with Gasteiger partial charge in [0.25, 0.3) is 5.91 Å². The first-order valence-electron chi connectivity index (χ1n) is 6.82. The Morgan fingerprint density at radius 3 is 2.68 bits per heavy atom. The van der Waals surface area contributed by atoms with Gasteiger partial charge in [-0.2, -0.15) is 0 Å². The van der Waals surface area contributed by atoms with Crippen LogP contribution in [0.5, 0.6) is 0 Å². The summed E-state index contributed by atoms with van der Waals surface area (Å²) in [5.41, 5.74) is 2.38. The molecule has 0 bridgehead atoms. The Morgan fingerprint density at radius 2 is 2.00 bits per heavy atom. The number of nitrogens with one attached hydrogen (secondary N) is 3. The van der Waals surface area contributed by atoms with Gasteiger partial charge in [0.2, 0.25) is 0 Å². The lowest BCUT2D eigenvalue weighted by molar-refractivity contribution is 0.0963. The van der Waals surface area contributed by atoms with Crippen LogP contribution in [0.3, 0.4) is 0 Å². The molecule has 6 nitrogen and oxygen atoms in total. The molecule has 2 rings (SSSR count). The van der Waals surface area contributed by atoms with Gasteiger partial charge in [-0.05, 0) is 24.6 Å². The molecule has 3 amide bonds. The number of rotatable bonds is 5. The summed E-state index contributed by atoms with van der Waals surface area (Å²) in [7, 11) is 1.58. The fourth-order valence-electron chi connectivity index (χ4n) is 1.85. The quantitative estimate of drug-likeness (QED) is 0.786. The second-order valence-corrected chi connectivity index (χ2v) is 5.64. The molecule has 0 aliphatic carbocycles. The van der Waals surface area contributed by atoms with Crippen molar-refractivity contribution in [1.29, 1.82) is 0 Å². The number of amides is 3. The highest BCUT2D eigenvalue weighted by Gasteiger charge is 2.06. The van der Waals surface area contributed by atoms with Crippen LogP contribution in [0, 0.1) is 6.92 Å². The maximum absolute atomic E-state index is 11.7. The summed E-state index contributed by atoms with van der Waals surface area (Å²) in [6.45, 7) is 2.68. The van der Waals surface area contributed by atoms with Crippen molar-refractivity contribution in [1.82, 2.24) is 20.9 Å². The summed E-state index contributed by atoms with van der Waals surface area (Å²) in [6.07, 6.45) is 0. The van der Waals surface area contributed by atoms with E-state index in [9.17, 15) is 9.59 Å². The molecule has 0 saturated carbocycles. The average molecular weight is 318 g/mol. The van der Waals surface area contributed by atoms with Gasteiger partial charge in [-0.15, -0.1) is 11.3 Å². The maximum atomic E-state index is 11.7. The maximum Gasteiger partial charge on any atom is 0.315 e. The normalized spacial score (nSPS) is 10.1. The molecule has 0 saturated heterocycles. The molecule has 0 aliphatic rings. The lowest BCUT2D eigenvalue weighted by Crippen LogP contribution is -2.34. The topological polar surface area (TPSA) is 83.1 Å². The number of hydrogen-bond donors (Lipinski definition) is 3. The van der Waals surface area contributed by atoms with E-state index in [1.54, 1.807) is 25.2 Å². The van der Waals surface area contributed by atoms with Crippen LogP contribution >= 0.6 is 11.3 Å². The number of thiazole rings is 1. The molecule has 2 aromatic rings. The van der Waals surface area contributed by atoms with Crippen molar-refractivity contribution in [3.05, 3.63) is 51.5 Å². The van der Waals surface area contributed by atoms with E-state index in [2.05, 4.69) is 20.9 Å². The van der Waals surface area contributed by atoms with Gasteiger partial charge in [0.1, 0.15) is 5.01 Å². The van der Waals surface area contributed by atoms with E-state index in [1.807, 2.05) is 18.4 Å². The SMILES string of the molecule is CNC(=O)c1cccc(CNC(=O)NCc2nc(C)cs2)c1. The second-order valence-electron chi connectivity index (χ2n) is 4.70. The van der Waals surface area contributed by atoms with E-state index < -0.39 is 0 Å². The van der Waals surface area contributed by atoms with Crippen LogP contribution in [0.1, 0.15) is 26.6 Å². The first kappa shape index (κ1) is 16.0. The van der Waals surface area contributed by atoms with Crippen molar-refractivity contribution in [3.63, 3.8) is 0 Å². The highest BCUT2D eigenvalue weighted by atomic mass is 32.1. The van der Waals surface area contributed by atoms with E-state index in [1.165, 1.54) is 11.3 Å². The standard InChI is InChI=1S/C15H18N4O2S/c1-10-9-22-13(19-10)8-18-15(21)17-7-11-4-3-5-12(6-11)14(20)16-2/h3-6,9H,7-8H2,1-2H3,(H,16,20)(H2,17,18,21). The first-order valence-corrected chi connectivity index (χ1v) is 7.70. The van der Waals surface area contributed by atoms with Gasteiger partial charge in [0.05, 0.1) is 6.54 Å². The summed E-state index contributed by atoms with van der Waals surface area (Å²) in [5.74, 6) is -0.148. The predicted molar refractivity (Wildman–Crippen MR) is 85.8 cm³/mol. The largest absolute Gasteiger partial charge is 0.355 e. The molecule has 0 atom stereocenters. The smallest absolute Gasteiger partial charge is 0.315 e. The summed E-state index contributed by atoms with van der Waals surface area (Å²) in [4.78, 5) is 27.6. The van der Waals surface area contributed by atoms with Gasteiger partial charge < -0.3 is 16.0 Å². The molecule has 116 valence electrons. The minimum absolute atomic E-state index is 0.148. The molecule has 1 aromatic heterocycles. The highest BCUT2D eigenvalue weighted by Crippen LogP contribution is 2.08. The Morgan fingerprint density at radius 1 is 1.23 bits per heavy atom. The van der Waals surface area contributed by atoms with Crippen LogP contribution in [-0.2, 0) is 13.1 Å². The van der Waals surface area contributed by atoms with Gasteiger partial charge in [-0.3, -0.25) is 4.79 Å². The Bertz CT molecular complexity index is 669. The van der Waals surface area contributed by atoms with Gasteiger partial charge in [0, 0.05) is 30.2 Å².